The fraction of sp³-hybridized carbons (Fsp3) is 0.600. The van der Waals surface area contributed by atoms with Crippen molar-refractivity contribution in [1.29, 1.82) is 5.53 Å². The smallest absolute Gasteiger partial charge is 0.368 e. The van der Waals surface area contributed by atoms with Crippen molar-refractivity contribution in [2.75, 3.05) is 19.8 Å². The molecular formula is C5H9N3O4. The second-order valence-electron chi connectivity index (χ2n) is 1.82. The number of carbonyl (C=O) groups excluding carboxylic acids is 2. The van der Waals surface area contributed by atoms with Gasteiger partial charge in [0.1, 0.15) is 6.61 Å². The summed E-state index contributed by atoms with van der Waals surface area (Å²) in [5.74, 6) is -0.884. The second-order valence-corrected chi connectivity index (χ2v) is 1.82. The van der Waals surface area contributed by atoms with Crippen LogP contribution in [0.4, 0.5) is 4.79 Å². The van der Waals surface area contributed by atoms with Crippen molar-refractivity contribution in [2.45, 2.75) is 0 Å². The summed E-state index contributed by atoms with van der Waals surface area (Å²) < 4.78 is 0. The molecule has 0 heterocycles. The number of aliphatic hydroxyl groups is 2. The Morgan fingerprint density at radius 3 is 2.33 bits per heavy atom. The monoisotopic (exact) mass is 175 g/mol. The molecule has 12 heavy (non-hydrogen) atoms. The molecule has 0 radical (unpaired) electrons. The van der Waals surface area contributed by atoms with Crippen molar-refractivity contribution in [2.24, 2.45) is 5.11 Å². The summed E-state index contributed by atoms with van der Waals surface area (Å²) in [7, 11) is 0. The predicted octanol–water partition coefficient (Wildman–Crippen LogP) is -1.05. The first kappa shape index (κ1) is 10.7. The number of nitrogens with one attached hydrogen (secondary N) is 1. The number of carbonyl (C=O) groups is 2. The van der Waals surface area contributed by atoms with E-state index in [1.165, 1.54) is 0 Å². The molecule has 0 aliphatic carbocycles. The van der Waals surface area contributed by atoms with E-state index in [4.69, 9.17) is 15.7 Å². The van der Waals surface area contributed by atoms with Gasteiger partial charge in [0, 0.05) is 0 Å². The summed E-state index contributed by atoms with van der Waals surface area (Å²) in [6.07, 6.45) is 0. The SMILES string of the molecule is N=NC(=O)N(CCO)C(=O)CO. The fourth-order valence-corrected chi connectivity index (χ4v) is 0.573. The molecule has 0 unspecified atom stereocenters. The lowest BCUT2D eigenvalue weighted by molar-refractivity contribution is -0.131. The van der Waals surface area contributed by atoms with Gasteiger partial charge in [0.25, 0.3) is 5.91 Å². The normalized spacial score (nSPS) is 9.17. The Bertz CT molecular complexity index is 193. The molecule has 7 heteroatoms. The van der Waals surface area contributed by atoms with Gasteiger partial charge in [-0.15, -0.1) is 0 Å². The van der Waals surface area contributed by atoms with Crippen molar-refractivity contribution in [1.82, 2.24) is 4.90 Å². The fourth-order valence-electron chi connectivity index (χ4n) is 0.573. The number of aliphatic hydroxyl groups excluding tert-OH is 2. The van der Waals surface area contributed by atoms with E-state index in [2.05, 4.69) is 5.11 Å². The van der Waals surface area contributed by atoms with Crippen LogP contribution < -0.4 is 0 Å². The summed E-state index contributed by atoms with van der Waals surface area (Å²) in [6.45, 7) is -1.53. The Morgan fingerprint density at radius 1 is 1.42 bits per heavy atom. The predicted molar refractivity (Wildman–Crippen MR) is 36.4 cm³/mol. The van der Waals surface area contributed by atoms with Gasteiger partial charge in [-0.05, 0) is 0 Å². The number of amides is 3. The van der Waals surface area contributed by atoms with Crippen LogP contribution in [0.25, 0.3) is 0 Å². The lowest BCUT2D eigenvalue weighted by Gasteiger charge is -2.14. The Balaban J connectivity index is 4.31. The number of urea groups is 1. The Hall–Kier alpha value is -1.34. The van der Waals surface area contributed by atoms with Crippen LogP contribution >= 0.6 is 0 Å². The van der Waals surface area contributed by atoms with Crippen molar-refractivity contribution in [3.63, 3.8) is 0 Å². The third-order valence-electron chi connectivity index (χ3n) is 1.09. The molecule has 0 aromatic heterocycles. The third kappa shape index (κ3) is 2.72. The molecular weight excluding hydrogens is 166 g/mol. The van der Waals surface area contributed by atoms with Crippen LogP contribution in [0.3, 0.4) is 0 Å². The van der Waals surface area contributed by atoms with E-state index in [1.54, 1.807) is 0 Å². The highest BCUT2D eigenvalue weighted by atomic mass is 16.3. The molecule has 0 spiro atoms. The molecule has 0 saturated carbocycles. The highest BCUT2D eigenvalue weighted by Gasteiger charge is 2.18. The summed E-state index contributed by atoms with van der Waals surface area (Å²) in [5.41, 5.74) is 6.30. The van der Waals surface area contributed by atoms with E-state index in [0.29, 0.717) is 4.90 Å². The van der Waals surface area contributed by atoms with E-state index >= 15 is 0 Å². The van der Waals surface area contributed by atoms with Crippen molar-refractivity contribution < 1.29 is 19.8 Å². The lowest BCUT2D eigenvalue weighted by atomic mass is 10.5. The molecule has 0 saturated heterocycles. The summed E-state index contributed by atoms with van der Waals surface area (Å²) in [6, 6.07) is -1.09. The largest absolute Gasteiger partial charge is 0.395 e. The Labute approximate surface area is 68.1 Å². The minimum Gasteiger partial charge on any atom is -0.395 e. The first-order valence-corrected chi connectivity index (χ1v) is 3.10. The van der Waals surface area contributed by atoms with Crippen LogP contribution in [-0.2, 0) is 4.79 Å². The van der Waals surface area contributed by atoms with Gasteiger partial charge in [0.15, 0.2) is 0 Å². The summed E-state index contributed by atoms with van der Waals surface area (Å²) >= 11 is 0. The molecule has 3 amide bonds. The molecule has 7 nitrogen and oxygen atoms in total. The highest BCUT2D eigenvalue weighted by Crippen LogP contribution is 1.93. The van der Waals surface area contributed by atoms with E-state index in [9.17, 15) is 9.59 Å². The number of rotatable bonds is 3. The zero-order valence-electron chi connectivity index (χ0n) is 6.23. The maximum Gasteiger partial charge on any atom is 0.368 e. The molecule has 68 valence electrons. The van der Waals surface area contributed by atoms with Crippen LogP contribution in [0.5, 0.6) is 0 Å². The molecule has 0 aromatic rings. The topological polar surface area (TPSA) is 114 Å². The van der Waals surface area contributed by atoms with E-state index < -0.39 is 25.2 Å². The molecule has 0 aliphatic heterocycles. The molecule has 0 rings (SSSR count). The Morgan fingerprint density at radius 2 is 2.00 bits per heavy atom. The van der Waals surface area contributed by atoms with Gasteiger partial charge >= 0.3 is 6.03 Å². The molecule has 3 N–H and O–H groups in total. The van der Waals surface area contributed by atoms with Crippen molar-refractivity contribution in [3.05, 3.63) is 0 Å². The standard InChI is InChI=1S/C5H9N3O4/c6-7-5(12)8(1-2-9)4(11)3-10/h6,9-10H,1-3H2. The first-order chi connectivity index (χ1) is 5.67. The number of hydrogen-bond donors (Lipinski definition) is 3. The molecule has 0 aromatic carbocycles. The minimum atomic E-state index is -1.09. The average molecular weight is 175 g/mol. The van der Waals surface area contributed by atoms with Crippen molar-refractivity contribution in [3.8, 4) is 0 Å². The maximum absolute atomic E-state index is 10.7. The average Bonchev–Trinajstić information content (AvgIpc) is 2.11. The molecule has 0 bridgehead atoms. The van der Waals surface area contributed by atoms with Crippen LogP contribution in [0.15, 0.2) is 5.11 Å². The quantitative estimate of drug-likeness (QED) is 0.475. The number of nitrogens with zero attached hydrogens (tertiary/aromatic N) is 2. The molecule has 0 aliphatic rings. The zero-order chi connectivity index (χ0) is 9.56. The highest BCUT2D eigenvalue weighted by molar-refractivity contribution is 5.94. The van der Waals surface area contributed by atoms with Gasteiger partial charge < -0.3 is 10.2 Å². The second kappa shape index (κ2) is 5.33. The van der Waals surface area contributed by atoms with Crippen LogP contribution in [0.2, 0.25) is 0 Å². The molecule has 0 fully saturated rings. The lowest BCUT2D eigenvalue weighted by Crippen LogP contribution is -2.38. The van der Waals surface area contributed by atoms with Gasteiger partial charge in [0.05, 0.1) is 13.2 Å². The summed E-state index contributed by atoms with van der Waals surface area (Å²) in [4.78, 5) is 21.8. The van der Waals surface area contributed by atoms with Gasteiger partial charge in [-0.2, -0.15) is 5.53 Å². The van der Waals surface area contributed by atoms with E-state index in [1.807, 2.05) is 0 Å². The zero-order valence-corrected chi connectivity index (χ0v) is 6.23. The van der Waals surface area contributed by atoms with Crippen LogP contribution in [-0.4, -0.2) is 46.8 Å². The first-order valence-electron chi connectivity index (χ1n) is 3.10. The molecule has 0 atom stereocenters. The van der Waals surface area contributed by atoms with E-state index in [-0.39, 0.29) is 6.54 Å². The van der Waals surface area contributed by atoms with Crippen LogP contribution in [0, 0.1) is 5.53 Å². The maximum atomic E-state index is 10.7. The van der Waals surface area contributed by atoms with Gasteiger partial charge in [-0.1, -0.05) is 5.11 Å². The number of imide groups is 1. The third-order valence-corrected chi connectivity index (χ3v) is 1.09. The minimum absolute atomic E-state index is 0.263. The van der Waals surface area contributed by atoms with Gasteiger partial charge in [-0.25, -0.2) is 4.79 Å². The van der Waals surface area contributed by atoms with E-state index in [0.717, 1.165) is 0 Å². The van der Waals surface area contributed by atoms with Crippen molar-refractivity contribution >= 4 is 11.9 Å². The number of hydrogen-bond acceptors (Lipinski definition) is 5. The van der Waals surface area contributed by atoms with Gasteiger partial charge in [0.2, 0.25) is 0 Å². The summed E-state index contributed by atoms with van der Waals surface area (Å²) in [5, 5.41) is 19.2. The Kier molecular flexibility index (Phi) is 4.73. The van der Waals surface area contributed by atoms with Crippen LogP contribution in [0.1, 0.15) is 0 Å². The van der Waals surface area contributed by atoms with Gasteiger partial charge in [-0.3, -0.25) is 9.69 Å².